The van der Waals surface area contributed by atoms with Crippen molar-refractivity contribution in [3.05, 3.63) is 41.5 Å². The van der Waals surface area contributed by atoms with Gasteiger partial charge >= 0.3 is 0 Å². The molecule has 6 nitrogen and oxygen atoms in total. The molecule has 1 aliphatic carbocycles. The molecule has 1 aliphatic rings. The molecule has 3 rings (SSSR count). The Hall–Kier alpha value is -2.35. The number of amides is 1. The fourth-order valence-corrected chi connectivity index (χ4v) is 3.09. The van der Waals surface area contributed by atoms with Gasteiger partial charge < -0.3 is 9.84 Å². The average Bonchev–Trinajstić information content (AvgIpc) is 3.28. The SMILES string of the molecule is CN(CCC(=O)Nc1cc(F)ccc1F)Cc1noc(C2CCCC2)n1. The molecule has 0 atom stereocenters. The number of rotatable bonds is 7. The van der Waals surface area contributed by atoms with Gasteiger partial charge in [-0.15, -0.1) is 0 Å². The number of halogens is 2. The van der Waals surface area contributed by atoms with E-state index in [0.29, 0.717) is 30.7 Å². The average molecular weight is 364 g/mol. The molecule has 1 amide bonds. The number of carbonyl (C=O) groups is 1. The van der Waals surface area contributed by atoms with Crippen molar-refractivity contribution < 1.29 is 18.1 Å². The van der Waals surface area contributed by atoms with Crippen LogP contribution >= 0.6 is 0 Å². The molecule has 0 unspecified atom stereocenters. The molecule has 0 saturated heterocycles. The van der Waals surface area contributed by atoms with Gasteiger partial charge in [0, 0.05) is 24.9 Å². The topological polar surface area (TPSA) is 71.3 Å². The maximum absolute atomic E-state index is 13.5. The number of hydrogen-bond acceptors (Lipinski definition) is 5. The van der Waals surface area contributed by atoms with Crippen LogP contribution in [-0.2, 0) is 11.3 Å². The molecule has 1 N–H and O–H groups in total. The van der Waals surface area contributed by atoms with Crippen LogP contribution in [-0.4, -0.2) is 34.5 Å². The maximum Gasteiger partial charge on any atom is 0.229 e. The van der Waals surface area contributed by atoms with Crippen LogP contribution in [0, 0.1) is 11.6 Å². The molecule has 1 fully saturated rings. The van der Waals surface area contributed by atoms with Gasteiger partial charge in [0.25, 0.3) is 0 Å². The van der Waals surface area contributed by atoms with Gasteiger partial charge in [0.05, 0.1) is 12.2 Å². The van der Waals surface area contributed by atoms with Crippen LogP contribution in [0.2, 0.25) is 0 Å². The molecule has 1 aromatic heterocycles. The summed E-state index contributed by atoms with van der Waals surface area (Å²) in [7, 11) is 1.83. The van der Waals surface area contributed by atoms with E-state index in [4.69, 9.17) is 4.52 Å². The van der Waals surface area contributed by atoms with Crippen molar-refractivity contribution in [2.45, 2.75) is 44.6 Å². The Labute approximate surface area is 150 Å². The lowest BCUT2D eigenvalue weighted by molar-refractivity contribution is -0.116. The van der Waals surface area contributed by atoms with Crippen molar-refractivity contribution in [2.75, 3.05) is 18.9 Å². The van der Waals surface area contributed by atoms with Gasteiger partial charge in [0.2, 0.25) is 11.8 Å². The van der Waals surface area contributed by atoms with E-state index >= 15 is 0 Å². The quantitative estimate of drug-likeness (QED) is 0.815. The fourth-order valence-electron chi connectivity index (χ4n) is 3.09. The second-order valence-corrected chi connectivity index (χ2v) is 6.69. The Balaban J connectivity index is 1.45. The summed E-state index contributed by atoms with van der Waals surface area (Å²) in [4.78, 5) is 18.3. The van der Waals surface area contributed by atoms with E-state index in [0.717, 1.165) is 31.0 Å². The number of nitrogens with zero attached hydrogens (tertiary/aromatic N) is 3. The molecule has 0 bridgehead atoms. The second kappa shape index (κ2) is 8.35. The number of benzene rings is 1. The molecule has 2 aromatic rings. The van der Waals surface area contributed by atoms with Crippen LogP contribution < -0.4 is 5.32 Å². The molecule has 1 saturated carbocycles. The molecule has 0 radical (unpaired) electrons. The van der Waals surface area contributed by atoms with Crippen molar-refractivity contribution in [3.8, 4) is 0 Å². The summed E-state index contributed by atoms with van der Waals surface area (Å²) in [5.74, 6) is -0.000791. The summed E-state index contributed by atoms with van der Waals surface area (Å²) in [6.45, 7) is 0.883. The molecule has 0 spiro atoms. The van der Waals surface area contributed by atoms with Gasteiger partial charge in [0.1, 0.15) is 11.6 Å². The zero-order valence-corrected chi connectivity index (χ0v) is 14.7. The van der Waals surface area contributed by atoms with Gasteiger partial charge in [0.15, 0.2) is 5.82 Å². The first-order chi connectivity index (χ1) is 12.5. The van der Waals surface area contributed by atoms with Gasteiger partial charge in [-0.2, -0.15) is 4.98 Å². The monoisotopic (exact) mass is 364 g/mol. The van der Waals surface area contributed by atoms with Crippen LogP contribution in [0.1, 0.15) is 49.7 Å². The highest BCUT2D eigenvalue weighted by atomic mass is 19.1. The molecule has 26 heavy (non-hydrogen) atoms. The van der Waals surface area contributed by atoms with Gasteiger partial charge in [-0.1, -0.05) is 18.0 Å². The smallest absolute Gasteiger partial charge is 0.229 e. The molecule has 1 aromatic carbocycles. The molecule has 8 heteroatoms. The highest BCUT2D eigenvalue weighted by Gasteiger charge is 2.23. The third kappa shape index (κ3) is 4.85. The van der Waals surface area contributed by atoms with Gasteiger partial charge in [-0.05, 0) is 32.0 Å². The molecule has 140 valence electrons. The highest BCUT2D eigenvalue weighted by Crippen LogP contribution is 2.32. The normalized spacial score (nSPS) is 14.9. The van der Waals surface area contributed by atoms with E-state index in [1.165, 1.54) is 12.8 Å². The minimum Gasteiger partial charge on any atom is -0.339 e. The zero-order chi connectivity index (χ0) is 18.5. The summed E-state index contributed by atoms with van der Waals surface area (Å²) < 4.78 is 32.0. The summed E-state index contributed by atoms with van der Waals surface area (Å²) >= 11 is 0. The number of hydrogen-bond donors (Lipinski definition) is 1. The number of nitrogens with one attached hydrogen (secondary N) is 1. The van der Waals surface area contributed by atoms with Crippen LogP contribution in [0.3, 0.4) is 0 Å². The van der Waals surface area contributed by atoms with E-state index < -0.39 is 11.6 Å². The van der Waals surface area contributed by atoms with Crippen LogP contribution in [0.15, 0.2) is 22.7 Å². The third-order valence-electron chi connectivity index (χ3n) is 4.52. The van der Waals surface area contributed by atoms with Crippen LogP contribution in [0.25, 0.3) is 0 Å². The van der Waals surface area contributed by atoms with E-state index in [1.54, 1.807) is 0 Å². The van der Waals surface area contributed by atoms with Crippen molar-refractivity contribution in [1.82, 2.24) is 15.0 Å². The first-order valence-electron chi connectivity index (χ1n) is 8.77. The predicted octanol–water partition coefficient (Wildman–Crippen LogP) is 3.47. The van der Waals surface area contributed by atoms with Gasteiger partial charge in [-0.3, -0.25) is 9.69 Å². The summed E-state index contributed by atoms with van der Waals surface area (Å²) in [5.41, 5.74) is -0.156. The fraction of sp³-hybridized carbons (Fsp3) is 0.500. The van der Waals surface area contributed by atoms with Crippen molar-refractivity contribution in [1.29, 1.82) is 0 Å². The summed E-state index contributed by atoms with van der Waals surface area (Å²) in [6, 6.07) is 2.94. The number of anilines is 1. The van der Waals surface area contributed by atoms with Gasteiger partial charge in [-0.25, -0.2) is 8.78 Å². The van der Waals surface area contributed by atoms with Crippen LogP contribution in [0.4, 0.5) is 14.5 Å². The molecule has 0 aliphatic heterocycles. The minimum atomic E-state index is -0.667. The lowest BCUT2D eigenvalue weighted by atomic mass is 10.1. The summed E-state index contributed by atoms with van der Waals surface area (Å²) in [5, 5.41) is 6.38. The van der Waals surface area contributed by atoms with Crippen molar-refractivity contribution in [2.24, 2.45) is 0 Å². The Morgan fingerprint density at radius 2 is 2.12 bits per heavy atom. The third-order valence-corrected chi connectivity index (χ3v) is 4.52. The lowest BCUT2D eigenvalue weighted by Crippen LogP contribution is -2.24. The molecule has 1 heterocycles. The standard InChI is InChI=1S/C18H22F2N4O2/c1-24(11-16-22-18(26-23-16)12-4-2-3-5-12)9-8-17(25)21-15-10-13(19)6-7-14(15)20/h6-7,10,12H,2-5,8-9,11H2,1H3,(H,21,25). The Kier molecular flexibility index (Phi) is 5.92. The maximum atomic E-state index is 13.5. The van der Waals surface area contributed by atoms with E-state index in [-0.39, 0.29) is 18.0 Å². The largest absolute Gasteiger partial charge is 0.339 e. The highest BCUT2D eigenvalue weighted by molar-refractivity contribution is 5.90. The summed E-state index contributed by atoms with van der Waals surface area (Å²) in [6.07, 6.45) is 4.72. The van der Waals surface area contributed by atoms with E-state index in [2.05, 4.69) is 15.5 Å². The number of carbonyl (C=O) groups excluding carboxylic acids is 1. The van der Waals surface area contributed by atoms with Crippen LogP contribution in [0.5, 0.6) is 0 Å². The first kappa shape index (κ1) is 18.4. The molecular weight excluding hydrogens is 342 g/mol. The van der Waals surface area contributed by atoms with E-state index in [9.17, 15) is 13.6 Å². The lowest BCUT2D eigenvalue weighted by Gasteiger charge is -2.14. The van der Waals surface area contributed by atoms with Crippen molar-refractivity contribution in [3.63, 3.8) is 0 Å². The van der Waals surface area contributed by atoms with E-state index in [1.807, 2.05) is 11.9 Å². The Bertz CT molecular complexity index is 759. The Morgan fingerprint density at radius 3 is 2.88 bits per heavy atom. The number of aromatic nitrogens is 2. The molecular formula is C18H22F2N4O2. The zero-order valence-electron chi connectivity index (χ0n) is 14.7. The first-order valence-corrected chi connectivity index (χ1v) is 8.77. The Morgan fingerprint density at radius 1 is 1.35 bits per heavy atom. The minimum absolute atomic E-state index is 0.139. The predicted molar refractivity (Wildman–Crippen MR) is 91.4 cm³/mol. The second-order valence-electron chi connectivity index (χ2n) is 6.69. The van der Waals surface area contributed by atoms with Crippen molar-refractivity contribution >= 4 is 11.6 Å².